The number of ether oxygens (including phenoxy) is 3. The molecule has 20 nitrogen and oxygen atoms in total. The fourth-order valence-corrected chi connectivity index (χ4v) is 15.0. The van der Waals surface area contributed by atoms with Gasteiger partial charge in [0.05, 0.1) is 65.4 Å². The Balaban J connectivity index is 0.000000174. The molecule has 0 bridgehead atoms. The van der Waals surface area contributed by atoms with Crippen molar-refractivity contribution in [2.45, 2.75) is 150 Å². The number of rotatable bonds is 12. The zero-order valence-electron chi connectivity index (χ0n) is 60.3. The van der Waals surface area contributed by atoms with E-state index in [0.29, 0.717) is 96.3 Å². The lowest BCUT2D eigenvalue weighted by Crippen LogP contribution is -2.55. The van der Waals surface area contributed by atoms with Crippen LogP contribution in [0.25, 0.3) is 44.3 Å². The second-order valence-corrected chi connectivity index (χ2v) is 28.9. The van der Waals surface area contributed by atoms with E-state index in [4.69, 9.17) is 30.8 Å². The summed E-state index contributed by atoms with van der Waals surface area (Å²) in [7, 11) is 3.19. The highest BCUT2D eigenvalue weighted by molar-refractivity contribution is 6.35. The molecule has 2 saturated heterocycles. The molecular weight excluding hydrogens is 1480 g/mol. The third-order valence-corrected chi connectivity index (χ3v) is 21.1. The fourth-order valence-electron chi connectivity index (χ4n) is 14.7. The Hall–Kier alpha value is -10.9. The van der Waals surface area contributed by atoms with Crippen LogP contribution < -0.4 is 35.5 Å². The molecule has 4 fully saturated rings. The second-order valence-electron chi connectivity index (χ2n) is 28.5. The summed E-state index contributed by atoms with van der Waals surface area (Å²) < 4.78 is 126. The number of pyridine rings is 2. The number of aliphatic hydroxyl groups excluding tert-OH is 1. The van der Waals surface area contributed by atoms with Crippen molar-refractivity contribution in [3.63, 3.8) is 0 Å². The number of aliphatic hydroxyl groups is 1. The molecule has 8 aromatic rings. The molecule has 2 saturated carbocycles. The van der Waals surface area contributed by atoms with Crippen molar-refractivity contribution in [1.29, 1.82) is 0 Å². The smallest absolute Gasteiger partial charge is 0.416 e. The lowest BCUT2D eigenvalue weighted by molar-refractivity contribution is -0.146. The van der Waals surface area contributed by atoms with E-state index >= 15 is 0 Å². The third-order valence-electron chi connectivity index (χ3n) is 20.8. The van der Waals surface area contributed by atoms with Gasteiger partial charge >= 0.3 is 24.3 Å². The highest BCUT2D eigenvalue weighted by Gasteiger charge is 2.63. The van der Waals surface area contributed by atoms with Gasteiger partial charge in [0.15, 0.2) is 0 Å². The first-order chi connectivity index (χ1) is 53.0. The predicted octanol–water partition coefficient (Wildman–Crippen LogP) is 15.0. The molecule has 4 aliphatic heterocycles. The maximum atomic E-state index is 14.6. The Bertz CT molecular complexity index is 4850. The zero-order chi connectivity index (χ0) is 79.1. The van der Waals surface area contributed by atoms with Gasteiger partial charge in [-0.1, -0.05) is 122 Å². The summed E-state index contributed by atoms with van der Waals surface area (Å²) in [6.07, 6.45) is 1.66. The van der Waals surface area contributed by atoms with Crippen LogP contribution >= 0.6 is 11.6 Å². The number of nitrogens with one attached hydrogen (secondary N) is 4. The molecule has 0 spiro atoms. The first-order valence-corrected chi connectivity index (χ1v) is 36.8. The number of carboxylic acids is 2. The van der Waals surface area contributed by atoms with Crippen LogP contribution in [0.5, 0.6) is 17.2 Å². The number of carboxylic acid groups (broad SMARTS) is 2. The topological polar surface area (TPSA) is 271 Å². The first kappa shape index (κ1) is 79.7. The summed E-state index contributed by atoms with van der Waals surface area (Å²) in [6, 6.07) is 33.5. The number of nitrogens with zero attached hydrogens (tertiary/aromatic N) is 4. The number of alkyl halides is 6. The fraction of sp³-hybridized carbons (Fsp3) is 0.366. The molecule has 0 unspecified atom stereocenters. The van der Waals surface area contributed by atoms with Crippen molar-refractivity contribution in [2.24, 2.45) is 11.8 Å². The summed E-state index contributed by atoms with van der Waals surface area (Å²) in [5, 5.41) is 43.3. The Morgan fingerprint density at radius 2 is 1.01 bits per heavy atom. The van der Waals surface area contributed by atoms with Crippen LogP contribution in [0, 0.1) is 23.5 Å². The molecule has 2 aliphatic carbocycles. The average molecular weight is 1560 g/mol. The van der Waals surface area contributed by atoms with E-state index in [-0.39, 0.29) is 68.9 Å². The van der Waals surface area contributed by atoms with Gasteiger partial charge in [0.25, 0.3) is 0 Å². The third kappa shape index (κ3) is 18.8. The number of fused-ring (bicyclic) bond motifs is 6. The van der Waals surface area contributed by atoms with Crippen molar-refractivity contribution >= 4 is 80.3 Å². The number of benzene rings is 6. The molecule has 6 aliphatic rings. The second kappa shape index (κ2) is 33.8. The molecule has 111 heavy (non-hydrogen) atoms. The number of allylic oxidation sites excluding steroid dienone is 2. The van der Waals surface area contributed by atoms with E-state index in [1.54, 1.807) is 50.6 Å². The van der Waals surface area contributed by atoms with Gasteiger partial charge in [0, 0.05) is 82.7 Å². The van der Waals surface area contributed by atoms with Gasteiger partial charge in [-0.25, -0.2) is 28.3 Å². The van der Waals surface area contributed by atoms with Crippen LogP contribution in [0.1, 0.15) is 101 Å². The number of aliphatic carboxylic acids is 2. The average Bonchev–Trinajstić information content (AvgIpc) is 1.61. The molecule has 6 aromatic carbocycles. The van der Waals surface area contributed by atoms with Crippen molar-refractivity contribution in [3.05, 3.63) is 198 Å². The van der Waals surface area contributed by atoms with Crippen LogP contribution in [0.15, 0.2) is 170 Å². The Morgan fingerprint density at radius 3 is 1.48 bits per heavy atom. The molecule has 7 N–H and O–H groups in total. The molecular formula is C82H81ClF8N8O12. The normalized spacial score (nSPS) is 24.9. The van der Waals surface area contributed by atoms with Gasteiger partial charge in [-0.15, -0.1) is 0 Å². The largest absolute Gasteiger partial charge is 0.497 e. The van der Waals surface area contributed by atoms with E-state index in [2.05, 4.69) is 26.3 Å². The number of carbonyl (C=O) groups excluding carboxylic acids is 4. The quantitative estimate of drug-likeness (QED) is 0.0442. The molecule has 2 aromatic heterocycles. The van der Waals surface area contributed by atoms with Crippen molar-refractivity contribution in [2.75, 3.05) is 37.9 Å². The number of anilines is 2. The minimum Gasteiger partial charge on any atom is -0.497 e. The van der Waals surface area contributed by atoms with Gasteiger partial charge in [-0.05, 0) is 118 Å². The number of hydrogen-bond donors (Lipinski definition) is 7. The summed E-state index contributed by atoms with van der Waals surface area (Å²) in [5.41, 5.74) is -1.17. The van der Waals surface area contributed by atoms with Crippen molar-refractivity contribution in [1.82, 2.24) is 30.4 Å². The predicted molar refractivity (Wildman–Crippen MR) is 398 cm³/mol. The molecule has 10 atom stereocenters. The molecule has 6 heterocycles. The van der Waals surface area contributed by atoms with Crippen molar-refractivity contribution in [3.8, 4) is 39.8 Å². The lowest BCUT2D eigenvalue weighted by Gasteiger charge is -2.30. The molecule has 4 amide bonds. The molecule has 29 heteroatoms. The molecule has 584 valence electrons. The number of aromatic nitrogens is 2. The van der Waals surface area contributed by atoms with Gasteiger partial charge < -0.3 is 60.6 Å². The van der Waals surface area contributed by atoms with E-state index < -0.39 is 124 Å². The SMILES string of the molecule is COc1ccc2c(Cl)cc(-c3ccccc3)nc2c1.COc1ccc2c(O[C@@H]3C[C@H]4C(=O)N[C@]5(C(=O)O)C[C@H]5/C=C\CCCCC[C@H](Nc5cc(F)cc(C(F)(F)F)c5)C(=O)N4C3)cc(-c3ccccc3)nc2c1.O=C1N[C@]2(C(=O)O)C[C@H]2/C=C\CCCCC[C@H](Nc2cc(F)cc(C(F)(F)F)c2)C(=O)N2C[C@H](O)C[C@@H]12. The number of halogens is 9. The molecule has 0 radical (unpaired) electrons. The summed E-state index contributed by atoms with van der Waals surface area (Å²) in [6.45, 7) is -0.300. The molecule has 14 rings (SSSR count). The minimum absolute atomic E-state index is 0.0146. The lowest BCUT2D eigenvalue weighted by atomic mass is 10.0. The zero-order valence-corrected chi connectivity index (χ0v) is 61.1. The summed E-state index contributed by atoms with van der Waals surface area (Å²) >= 11 is 6.33. The summed E-state index contributed by atoms with van der Waals surface area (Å²) in [4.78, 5) is 91.8. The Morgan fingerprint density at radius 1 is 0.559 bits per heavy atom. The maximum Gasteiger partial charge on any atom is 0.416 e. The van der Waals surface area contributed by atoms with Crippen LogP contribution in [0.4, 0.5) is 46.5 Å². The van der Waals surface area contributed by atoms with Crippen molar-refractivity contribution < 1.29 is 93.4 Å². The van der Waals surface area contributed by atoms with Gasteiger partial charge in [0.1, 0.15) is 70.2 Å². The van der Waals surface area contributed by atoms with E-state index in [0.717, 1.165) is 63.0 Å². The number of carbonyl (C=O) groups is 6. The summed E-state index contributed by atoms with van der Waals surface area (Å²) in [5.74, 6) is -6.34. The van der Waals surface area contributed by atoms with Crippen LogP contribution in [0.2, 0.25) is 5.02 Å². The standard InChI is InChI=1S/C41H40F4N4O6.C25H29F4N3O5.C16H12ClNO/c1-54-29-14-15-31-34(19-29)47-33(24-10-6-5-7-11-24)21-36(31)55-30-20-35-37(50)48-40(39(52)53)22-25(40)12-8-3-2-4-9-13-32(38(51)49(35)23-30)46-28-17-26(41(43,44)45)16-27(42)18-28;26-16-8-15(25(27,28)29)9-17(10-16)30-19-7-5-3-1-2-4-6-14-12-24(14,23(36)37)31-21(34)20-11-18(33)13-32(20)22(19)35;1-19-12-7-8-13-14(17)10-15(18-16(13)9-12)11-5-3-2-4-6-11/h5-8,10-12,14-19,21,25,30,32,35,46H,2-4,9,13,20,22-23H2,1H3,(H,48,50)(H,52,53);4,6,8-10,14,18-20,30,33H,1-3,5,7,11-13H2,(H,31,34)(H,36,37);2-10H,1H3/b12-8-;6-4-;/t25-,30-,32+,35+,40-;14-,18-,19+,20+,24-;/m11./s1. The highest BCUT2D eigenvalue weighted by atomic mass is 35.5. The van der Waals surface area contributed by atoms with Crippen LogP contribution in [0.3, 0.4) is 0 Å². The number of hydrogen-bond acceptors (Lipinski definition) is 14. The van der Waals surface area contributed by atoms with E-state index in [1.807, 2.05) is 97.1 Å². The van der Waals surface area contributed by atoms with E-state index in [1.165, 1.54) is 4.90 Å². The minimum atomic E-state index is -4.83. The number of methoxy groups -OCH3 is 2. The highest BCUT2D eigenvalue weighted by Crippen LogP contribution is 2.48. The van der Waals surface area contributed by atoms with E-state index in [9.17, 15) is 79.2 Å². The van der Waals surface area contributed by atoms with Crippen LogP contribution in [-0.4, -0.2) is 145 Å². The van der Waals surface area contributed by atoms with Gasteiger partial charge in [-0.2, -0.15) is 26.3 Å². The number of amides is 4. The maximum absolute atomic E-state index is 14.6. The Labute approximate surface area is 638 Å². The van der Waals surface area contributed by atoms with Gasteiger partial charge in [0.2, 0.25) is 23.6 Å². The first-order valence-electron chi connectivity index (χ1n) is 36.5. The van der Waals surface area contributed by atoms with Gasteiger partial charge in [-0.3, -0.25) is 19.2 Å². The van der Waals surface area contributed by atoms with Crippen LogP contribution in [-0.2, 0) is 41.1 Å². The monoisotopic (exact) mass is 1560 g/mol. The Kier molecular flexibility index (Phi) is 24.2.